The molecule has 0 unspecified atom stereocenters. The molecule has 0 bridgehead atoms. The molecule has 2 rings (SSSR count). The zero-order valence-corrected chi connectivity index (χ0v) is 17.4. The van der Waals surface area contributed by atoms with Gasteiger partial charge in [0.25, 0.3) is 5.91 Å². The number of nitrogens with one attached hydrogen (secondary N) is 1. The van der Waals surface area contributed by atoms with Crippen molar-refractivity contribution in [3.63, 3.8) is 0 Å². The third kappa shape index (κ3) is 6.25. The summed E-state index contributed by atoms with van der Waals surface area (Å²) in [5.74, 6) is -4.20. The number of carboxylic acid groups (broad SMARTS) is 3. The lowest BCUT2D eigenvalue weighted by Gasteiger charge is -2.21. The Morgan fingerprint density at radius 3 is 2.26 bits per heavy atom. The Kier molecular flexibility index (Phi) is 8.11. The normalized spacial score (nSPS) is 17.7. The molecule has 1 fully saturated rings. The van der Waals surface area contributed by atoms with Gasteiger partial charge in [-0.15, -0.1) is 0 Å². The van der Waals surface area contributed by atoms with Crippen molar-refractivity contribution in [3.05, 3.63) is 29.8 Å². The number of carboxylic acids is 3. The molecule has 4 N–H and O–H groups in total. The maximum atomic E-state index is 12.7. The zero-order chi connectivity index (χ0) is 23.2. The number of carbonyl (C=O) groups excluding carboxylic acids is 1. The minimum atomic E-state index is -4.06. The second-order valence-electron chi connectivity index (χ2n) is 7.14. The average molecular weight is 456 g/mol. The number of rotatable bonds is 11. The van der Waals surface area contributed by atoms with Crippen LogP contribution in [0.5, 0.6) is 0 Å². The highest BCUT2D eigenvalue weighted by atomic mass is 32.2. The molecule has 1 aromatic carbocycles. The van der Waals surface area contributed by atoms with Gasteiger partial charge in [0, 0.05) is 18.5 Å². The molecule has 31 heavy (non-hydrogen) atoms. The summed E-state index contributed by atoms with van der Waals surface area (Å²) in [4.78, 5) is 45.3. The quantitative estimate of drug-likeness (QED) is 0.350. The SMILES string of the molecule is O=C(O)CCCC[C@H](NC(=O)c1ccc(S(=O)(=O)N2CCC[C@@H]2C(=O)O)cc1)C(=O)O. The van der Waals surface area contributed by atoms with Crippen LogP contribution in [-0.2, 0) is 24.4 Å². The highest BCUT2D eigenvalue weighted by Gasteiger charge is 2.39. The van der Waals surface area contributed by atoms with Gasteiger partial charge in [0.1, 0.15) is 12.1 Å². The Morgan fingerprint density at radius 1 is 1.06 bits per heavy atom. The highest BCUT2D eigenvalue weighted by Crippen LogP contribution is 2.26. The lowest BCUT2D eigenvalue weighted by molar-refractivity contribution is -0.141. The molecule has 170 valence electrons. The van der Waals surface area contributed by atoms with Crippen molar-refractivity contribution in [2.75, 3.05) is 6.54 Å². The van der Waals surface area contributed by atoms with Gasteiger partial charge in [-0.25, -0.2) is 13.2 Å². The molecule has 2 atom stereocenters. The summed E-state index contributed by atoms with van der Waals surface area (Å²) in [5.41, 5.74) is 0.0342. The van der Waals surface area contributed by atoms with E-state index in [9.17, 15) is 37.8 Å². The molecule has 1 amide bonds. The summed E-state index contributed by atoms with van der Waals surface area (Å²) >= 11 is 0. The highest BCUT2D eigenvalue weighted by molar-refractivity contribution is 7.89. The van der Waals surface area contributed by atoms with Crippen LogP contribution in [0.15, 0.2) is 29.2 Å². The van der Waals surface area contributed by atoms with Gasteiger partial charge in [-0.3, -0.25) is 14.4 Å². The first-order valence-electron chi connectivity index (χ1n) is 9.64. The second kappa shape index (κ2) is 10.4. The fourth-order valence-corrected chi connectivity index (χ4v) is 4.96. The molecular formula is C19H24N2O9S. The Bertz CT molecular complexity index is 944. The lowest BCUT2D eigenvalue weighted by Crippen LogP contribution is -2.41. The van der Waals surface area contributed by atoms with Crippen molar-refractivity contribution in [1.82, 2.24) is 9.62 Å². The van der Waals surface area contributed by atoms with E-state index in [4.69, 9.17) is 5.11 Å². The van der Waals surface area contributed by atoms with Crippen molar-refractivity contribution in [2.24, 2.45) is 0 Å². The van der Waals surface area contributed by atoms with Gasteiger partial charge >= 0.3 is 17.9 Å². The van der Waals surface area contributed by atoms with Gasteiger partial charge in [-0.05, 0) is 49.9 Å². The van der Waals surface area contributed by atoms with Crippen LogP contribution in [0.2, 0.25) is 0 Å². The van der Waals surface area contributed by atoms with Crippen LogP contribution in [0.4, 0.5) is 0 Å². The summed E-state index contributed by atoms with van der Waals surface area (Å²) in [6.45, 7) is 0.0870. The average Bonchev–Trinajstić information content (AvgIpc) is 3.21. The summed E-state index contributed by atoms with van der Waals surface area (Å²) in [6, 6.07) is 2.43. The molecule has 1 heterocycles. The largest absolute Gasteiger partial charge is 0.481 e. The summed E-state index contributed by atoms with van der Waals surface area (Å²) < 4.78 is 26.4. The molecule has 11 nitrogen and oxygen atoms in total. The monoisotopic (exact) mass is 456 g/mol. The number of aliphatic carboxylic acids is 3. The Morgan fingerprint density at radius 2 is 1.71 bits per heavy atom. The zero-order valence-electron chi connectivity index (χ0n) is 16.6. The minimum absolute atomic E-state index is 0.0342. The van der Waals surface area contributed by atoms with Crippen LogP contribution >= 0.6 is 0 Å². The van der Waals surface area contributed by atoms with Gasteiger partial charge in [-0.1, -0.05) is 6.42 Å². The summed E-state index contributed by atoms with van der Waals surface area (Å²) in [7, 11) is -4.06. The van der Waals surface area contributed by atoms with Gasteiger partial charge in [0.15, 0.2) is 0 Å². The standard InChI is InChI=1S/C19H24N2O9S/c22-16(23)6-2-1-4-14(18(25)26)20-17(24)12-7-9-13(10-8-12)31(29,30)21-11-3-5-15(21)19(27)28/h7-10,14-15H,1-6,11H2,(H,20,24)(H,22,23)(H,25,26)(H,27,28)/t14-,15+/m0/s1. The van der Waals surface area contributed by atoms with Crippen molar-refractivity contribution < 1.29 is 42.9 Å². The van der Waals surface area contributed by atoms with E-state index in [1.165, 1.54) is 24.3 Å². The molecule has 1 aliphatic rings. The maximum absolute atomic E-state index is 12.7. The Balaban J connectivity index is 2.06. The first-order chi connectivity index (χ1) is 14.5. The number of hydrogen-bond acceptors (Lipinski definition) is 6. The number of benzene rings is 1. The van der Waals surface area contributed by atoms with E-state index in [-0.39, 0.29) is 42.7 Å². The molecule has 0 aliphatic carbocycles. The van der Waals surface area contributed by atoms with E-state index in [0.717, 1.165) is 4.31 Å². The van der Waals surface area contributed by atoms with E-state index in [1.54, 1.807) is 0 Å². The first-order valence-corrected chi connectivity index (χ1v) is 11.1. The van der Waals surface area contributed by atoms with Crippen LogP contribution in [0.25, 0.3) is 0 Å². The van der Waals surface area contributed by atoms with E-state index in [0.29, 0.717) is 12.8 Å². The number of nitrogens with zero attached hydrogens (tertiary/aromatic N) is 1. The summed E-state index contributed by atoms with van der Waals surface area (Å²) in [6.07, 6.45) is 1.16. The molecule has 1 saturated heterocycles. The number of amides is 1. The third-order valence-electron chi connectivity index (χ3n) is 4.95. The van der Waals surface area contributed by atoms with E-state index < -0.39 is 45.9 Å². The van der Waals surface area contributed by atoms with Crippen molar-refractivity contribution >= 4 is 33.8 Å². The van der Waals surface area contributed by atoms with Crippen LogP contribution in [0.3, 0.4) is 0 Å². The fourth-order valence-electron chi connectivity index (χ4n) is 3.31. The summed E-state index contributed by atoms with van der Waals surface area (Å²) in [5, 5.41) is 29.4. The number of hydrogen-bond donors (Lipinski definition) is 4. The van der Waals surface area contributed by atoms with Gasteiger partial charge < -0.3 is 20.6 Å². The molecule has 0 spiro atoms. The smallest absolute Gasteiger partial charge is 0.326 e. The van der Waals surface area contributed by atoms with Crippen molar-refractivity contribution in [1.29, 1.82) is 0 Å². The lowest BCUT2D eigenvalue weighted by atomic mass is 10.1. The third-order valence-corrected chi connectivity index (χ3v) is 6.87. The molecule has 1 aliphatic heterocycles. The number of carbonyl (C=O) groups is 4. The van der Waals surface area contributed by atoms with Crippen LogP contribution in [0.1, 0.15) is 48.9 Å². The predicted octanol–water partition coefficient (Wildman–Crippen LogP) is 0.752. The molecule has 0 saturated carbocycles. The second-order valence-corrected chi connectivity index (χ2v) is 9.03. The molecular weight excluding hydrogens is 432 g/mol. The minimum Gasteiger partial charge on any atom is -0.481 e. The molecule has 0 aromatic heterocycles. The molecule has 0 radical (unpaired) electrons. The fraction of sp³-hybridized carbons (Fsp3) is 0.474. The number of unbranched alkanes of at least 4 members (excludes halogenated alkanes) is 1. The van der Waals surface area contributed by atoms with E-state index in [2.05, 4.69) is 5.32 Å². The van der Waals surface area contributed by atoms with E-state index >= 15 is 0 Å². The van der Waals surface area contributed by atoms with Crippen LogP contribution in [-0.4, -0.2) is 70.5 Å². The van der Waals surface area contributed by atoms with Gasteiger partial charge in [0.2, 0.25) is 10.0 Å². The van der Waals surface area contributed by atoms with Gasteiger partial charge in [0.05, 0.1) is 4.90 Å². The first kappa shape index (κ1) is 24.3. The predicted molar refractivity (Wildman–Crippen MR) is 106 cm³/mol. The number of sulfonamides is 1. The van der Waals surface area contributed by atoms with Gasteiger partial charge in [-0.2, -0.15) is 4.31 Å². The maximum Gasteiger partial charge on any atom is 0.326 e. The van der Waals surface area contributed by atoms with Crippen LogP contribution < -0.4 is 5.32 Å². The molecule has 12 heteroatoms. The van der Waals surface area contributed by atoms with Crippen LogP contribution in [0, 0.1) is 0 Å². The molecule has 1 aromatic rings. The topological polar surface area (TPSA) is 178 Å². The van der Waals surface area contributed by atoms with E-state index in [1.807, 2.05) is 0 Å². The van der Waals surface area contributed by atoms with Crippen molar-refractivity contribution in [2.45, 2.75) is 55.5 Å². The van der Waals surface area contributed by atoms with Crippen molar-refractivity contribution in [3.8, 4) is 0 Å². The Hall–Kier alpha value is -2.99. The Labute approximate surface area is 178 Å².